The zero-order valence-electron chi connectivity index (χ0n) is 12.5. The zero-order chi connectivity index (χ0) is 14.8. The first-order valence-corrected chi connectivity index (χ1v) is 7.36. The Balaban J connectivity index is 1.69. The molecular formula is C18H21NO2. The van der Waals surface area contributed by atoms with E-state index in [0.717, 1.165) is 22.6 Å². The molecule has 3 heteroatoms. The molecule has 1 unspecified atom stereocenters. The number of ether oxygens (including phenoxy) is 2. The van der Waals surface area contributed by atoms with Crippen LogP contribution < -0.4 is 15.2 Å². The zero-order valence-corrected chi connectivity index (χ0v) is 12.5. The van der Waals surface area contributed by atoms with Crippen molar-refractivity contribution in [3.8, 4) is 11.5 Å². The molecule has 2 N–H and O–H groups in total. The number of nitrogens with two attached hydrogens (primary N) is 1. The predicted molar refractivity (Wildman–Crippen MR) is 84.0 cm³/mol. The van der Waals surface area contributed by atoms with Crippen molar-refractivity contribution in [2.24, 2.45) is 5.73 Å². The number of aryl methyl sites for hydroxylation is 1. The minimum atomic E-state index is 0.0489. The maximum atomic E-state index is 5.99. The minimum absolute atomic E-state index is 0.0489. The van der Waals surface area contributed by atoms with Gasteiger partial charge in [-0.05, 0) is 37.1 Å². The third-order valence-corrected chi connectivity index (χ3v) is 3.96. The van der Waals surface area contributed by atoms with Crippen molar-refractivity contribution in [2.75, 3.05) is 13.2 Å². The van der Waals surface area contributed by atoms with Gasteiger partial charge in [0.1, 0.15) is 11.5 Å². The van der Waals surface area contributed by atoms with Gasteiger partial charge in [0, 0.05) is 11.6 Å². The first-order valence-electron chi connectivity index (χ1n) is 7.36. The smallest absolute Gasteiger partial charge is 0.123 e. The lowest BCUT2D eigenvalue weighted by atomic mass is 10.0. The molecule has 0 bridgehead atoms. The Kier molecular flexibility index (Phi) is 3.84. The topological polar surface area (TPSA) is 44.5 Å². The molecule has 3 rings (SSSR count). The summed E-state index contributed by atoms with van der Waals surface area (Å²) in [6.45, 7) is 5.37. The molecule has 1 aliphatic heterocycles. The summed E-state index contributed by atoms with van der Waals surface area (Å²) in [5.41, 5.74) is 9.40. The molecule has 0 fully saturated rings. The van der Waals surface area contributed by atoms with Gasteiger partial charge in [-0.15, -0.1) is 0 Å². The Morgan fingerprint density at radius 2 is 2.10 bits per heavy atom. The molecule has 0 saturated carbocycles. The summed E-state index contributed by atoms with van der Waals surface area (Å²) in [6, 6.07) is 14.4. The van der Waals surface area contributed by atoms with E-state index in [1.165, 1.54) is 5.56 Å². The van der Waals surface area contributed by atoms with Crippen molar-refractivity contribution < 1.29 is 9.47 Å². The highest BCUT2D eigenvalue weighted by Crippen LogP contribution is 2.34. The van der Waals surface area contributed by atoms with E-state index in [0.29, 0.717) is 19.1 Å². The van der Waals surface area contributed by atoms with E-state index >= 15 is 0 Å². The van der Waals surface area contributed by atoms with Crippen LogP contribution in [0.5, 0.6) is 11.5 Å². The van der Waals surface area contributed by atoms with Crippen LogP contribution in [0.2, 0.25) is 0 Å². The minimum Gasteiger partial charge on any atom is -0.493 e. The third kappa shape index (κ3) is 2.88. The summed E-state index contributed by atoms with van der Waals surface area (Å²) in [5, 5.41) is 0. The number of hydrogen-bond donors (Lipinski definition) is 1. The Hall–Kier alpha value is -2.00. The average Bonchev–Trinajstić information content (AvgIpc) is 2.89. The Morgan fingerprint density at radius 3 is 2.86 bits per heavy atom. The van der Waals surface area contributed by atoms with Gasteiger partial charge in [0.05, 0.1) is 19.1 Å². The molecule has 0 radical (unpaired) electrons. The Labute approximate surface area is 125 Å². The van der Waals surface area contributed by atoms with Crippen molar-refractivity contribution in [1.82, 2.24) is 0 Å². The number of benzene rings is 2. The molecule has 3 nitrogen and oxygen atoms in total. The van der Waals surface area contributed by atoms with Crippen molar-refractivity contribution in [1.29, 1.82) is 0 Å². The van der Waals surface area contributed by atoms with Gasteiger partial charge in [-0.2, -0.15) is 0 Å². The van der Waals surface area contributed by atoms with Gasteiger partial charge in [-0.25, -0.2) is 0 Å². The van der Waals surface area contributed by atoms with Crippen LogP contribution in [-0.2, 0) is 0 Å². The lowest BCUT2D eigenvalue weighted by Gasteiger charge is -2.15. The molecule has 0 aliphatic carbocycles. The summed E-state index contributed by atoms with van der Waals surface area (Å²) < 4.78 is 11.7. The third-order valence-electron chi connectivity index (χ3n) is 3.96. The van der Waals surface area contributed by atoms with Crippen LogP contribution >= 0.6 is 0 Å². The van der Waals surface area contributed by atoms with E-state index in [4.69, 9.17) is 15.2 Å². The van der Waals surface area contributed by atoms with E-state index in [9.17, 15) is 0 Å². The van der Waals surface area contributed by atoms with E-state index in [1.54, 1.807) is 0 Å². The number of rotatable bonds is 4. The van der Waals surface area contributed by atoms with Crippen molar-refractivity contribution >= 4 is 0 Å². The standard InChI is InChI=1S/C18H21NO2/c1-12-9-14(13(2)19)7-8-17(12)20-10-15-11-21-18-6-4-3-5-16(15)18/h3-9,13,15H,10-11,19H2,1-2H3/t13-,15?/m0/s1. The number of hydrogen-bond acceptors (Lipinski definition) is 3. The van der Waals surface area contributed by atoms with Crippen LogP contribution in [0.25, 0.3) is 0 Å². The summed E-state index contributed by atoms with van der Waals surface area (Å²) >= 11 is 0. The lowest BCUT2D eigenvalue weighted by molar-refractivity contribution is 0.247. The Morgan fingerprint density at radius 1 is 1.29 bits per heavy atom. The van der Waals surface area contributed by atoms with Crippen molar-refractivity contribution in [2.45, 2.75) is 25.8 Å². The van der Waals surface area contributed by atoms with E-state index < -0.39 is 0 Å². The molecule has 1 aliphatic rings. The second-order valence-corrected chi connectivity index (χ2v) is 5.67. The van der Waals surface area contributed by atoms with Gasteiger partial charge in [0.15, 0.2) is 0 Å². The summed E-state index contributed by atoms with van der Waals surface area (Å²) in [7, 11) is 0. The molecule has 1 heterocycles. The van der Waals surface area contributed by atoms with Gasteiger partial charge in [0.2, 0.25) is 0 Å². The number of fused-ring (bicyclic) bond motifs is 1. The van der Waals surface area contributed by atoms with Gasteiger partial charge in [0.25, 0.3) is 0 Å². The first-order chi connectivity index (χ1) is 10.1. The van der Waals surface area contributed by atoms with Crippen LogP contribution in [0.3, 0.4) is 0 Å². The highest BCUT2D eigenvalue weighted by atomic mass is 16.5. The summed E-state index contributed by atoms with van der Waals surface area (Å²) in [6.07, 6.45) is 0. The molecule has 0 saturated heterocycles. The van der Waals surface area contributed by atoms with Crippen LogP contribution in [-0.4, -0.2) is 13.2 Å². The largest absolute Gasteiger partial charge is 0.493 e. The van der Waals surface area contributed by atoms with Gasteiger partial charge in [-0.1, -0.05) is 30.3 Å². The van der Waals surface area contributed by atoms with E-state index in [2.05, 4.69) is 19.1 Å². The molecule has 2 atom stereocenters. The van der Waals surface area contributed by atoms with Crippen molar-refractivity contribution in [3.63, 3.8) is 0 Å². The Bertz CT molecular complexity index is 637. The quantitative estimate of drug-likeness (QED) is 0.933. The monoisotopic (exact) mass is 283 g/mol. The highest BCUT2D eigenvalue weighted by molar-refractivity contribution is 5.40. The SMILES string of the molecule is Cc1cc([C@H](C)N)ccc1OCC1COc2ccccc21. The normalized spacial score (nSPS) is 18.0. The van der Waals surface area contributed by atoms with E-state index in [-0.39, 0.29) is 6.04 Å². The fraction of sp³-hybridized carbons (Fsp3) is 0.333. The molecule has 0 amide bonds. The van der Waals surface area contributed by atoms with Crippen molar-refractivity contribution in [3.05, 3.63) is 59.2 Å². The second kappa shape index (κ2) is 5.78. The van der Waals surface area contributed by atoms with Crippen LogP contribution in [0.4, 0.5) is 0 Å². The fourth-order valence-corrected chi connectivity index (χ4v) is 2.68. The van der Waals surface area contributed by atoms with Crippen LogP contribution in [0.1, 0.15) is 35.6 Å². The van der Waals surface area contributed by atoms with Crippen LogP contribution in [0, 0.1) is 6.92 Å². The molecule has 21 heavy (non-hydrogen) atoms. The van der Waals surface area contributed by atoms with Gasteiger partial charge < -0.3 is 15.2 Å². The summed E-state index contributed by atoms with van der Waals surface area (Å²) in [4.78, 5) is 0. The summed E-state index contributed by atoms with van der Waals surface area (Å²) in [5.74, 6) is 2.20. The molecule has 2 aromatic carbocycles. The molecular weight excluding hydrogens is 262 g/mol. The van der Waals surface area contributed by atoms with Crippen LogP contribution in [0.15, 0.2) is 42.5 Å². The molecule has 110 valence electrons. The second-order valence-electron chi connectivity index (χ2n) is 5.67. The average molecular weight is 283 g/mol. The van der Waals surface area contributed by atoms with Gasteiger partial charge in [-0.3, -0.25) is 0 Å². The molecule has 0 spiro atoms. The fourth-order valence-electron chi connectivity index (χ4n) is 2.68. The molecule has 2 aromatic rings. The van der Waals surface area contributed by atoms with Gasteiger partial charge >= 0.3 is 0 Å². The number of para-hydroxylation sites is 1. The maximum Gasteiger partial charge on any atom is 0.123 e. The lowest BCUT2D eigenvalue weighted by Crippen LogP contribution is -2.12. The molecule has 0 aromatic heterocycles. The first kappa shape index (κ1) is 14.0. The highest BCUT2D eigenvalue weighted by Gasteiger charge is 2.24. The predicted octanol–water partition coefficient (Wildman–Crippen LogP) is 3.57. The van der Waals surface area contributed by atoms with E-state index in [1.807, 2.05) is 37.3 Å². The maximum absolute atomic E-state index is 5.99.